The summed E-state index contributed by atoms with van der Waals surface area (Å²) in [5.74, 6) is 3.64. The Labute approximate surface area is 100 Å². The highest BCUT2D eigenvalue weighted by Gasteiger charge is 2.42. The third-order valence-corrected chi connectivity index (χ3v) is 4.42. The molecule has 1 heterocycles. The Morgan fingerprint density at radius 1 is 1.19 bits per heavy atom. The molecule has 1 aliphatic carbocycles. The third kappa shape index (κ3) is 2.78. The molecule has 2 unspecified atom stereocenters. The van der Waals surface area contributed by atoms with Crippen molar-refractivity contribution in [3.63, 3.8) is 0 Å². The zero-order valence-electron chi connectivity index (χ0n) is 11.2. The van der Waals surface area contributed by atoms with E-state index in [2.05, 4.69) is 18.7 Å². The molecule has 2 heteroatoms. The number of aliphatic hydroxyl groups is 1. The van der Waals surface area contributed by atoms with Crippen LogP contribution in [0, 0.1) is 23.7 Å². The van der Waals surface area contributed by atoms with Crippen molar-refractivity contribution in [3.05, 3.63) is 0 Å². The van der Waals surface area contributed by atoms with E-state index in [0.29, 0.717) is 0 Å². The topological polar surface area (TPSA) is 23.5 Å². The number of hydrogen-bond acceptors (Lipinski definition) is 2. The van der Waals surface area contributed by atoms with Gasteiger partial charge in [0.25, 0.3) is 0 Å². The van der Waals surface area contributed by atoms with Crippen LogP contribution in [0.5, 0.6) is 0 Å². The zero-order chi connectivity index (χ0) is 11.9. The fourth-order valence-corrected chi connectivity index (χ4v) is 3.66. The van der Waals surface area contributed by atoms with Crippen molar-refractivity contribution in [2.75, 3.05) is 19.6 Å². The van der Waals surface area contributed by atoms with Gasteiger partial charge in [-0.2, -0.15) is 0 Å². The second kappa shape index (κ2) is 4.30. The second-order valence-corrected chi connectivity index (χ2v) is 7.00. The summed E-state index contributed by atoms with van der Waals surface area (Å²) < 4.78 is 0. The quantitative estimate of drug-likeness (QED) is 0.797. The molecule has 2 fully saturated rings. The van der Waals surface area contributed by atoms with Crippen LogP contribution in [-0.2, 0) is 0 Å². The van der Waals surface area contributed by atoms with Gasteiger partial charge in [0.05, 0.1) is 5.60 Å². The number of fused-ring (bicyclic) bond motifs is 1. The molecule has 1 aliphatic heterocycles. The molecule has 0 aromatic rings. The molecule has 2 nitrogen and oxygen atoms in total. The van der Waals surface area contributed by atoms with Gasteiger partial charge in [0.15, 0.2) is 0 Å². The van der Waals surface area contributed by atoms with Gasteiger partial charge in [0.2, 0.25) is 0 Å². The summed E-state index contributed by atoms with van der Waals surface area (Å²) in [6, 6.07) is 0. The molecule has 16 heavy (non-hydrogen) atoms. The van der Waals surface area contributed by atoms with E-state index in [0.717, 1.165) is 30.2 Å². The predicted molar refractivity (Wildman–Crippen MR) is 67.3 cm³/mol. The Balaban J connectivity index is 1.84. The lowest BCUT2D eigenvalue weighted by Crippen LogP contribution is -2.37. The molecule has 1 saturated heterocycles. The monoisotopic (exact) mass is 225 g/mol. The molecule has 0 bridgehead atoms. The van der Waals surface area contributed by atoms with Crippen LogP contribution in [0.15, 0.2) is 0 Å². The lowest BCUT2D eigenvalue weighted by atomic mass is 9.93. The van der Waals surface area contributed by atoms with Crippen LogP contribution in [0.4, 0.5) is 0 Å². The molecule has 0 amide bonds. The first-order chi connectivity index (χ1) is 7.35. The Kier molecular flexibility index (Phi) is 3.33. The minimum absolute atomic E-state index is 0.532. The smallest absolute Gasteiger partial charge is 0.0718 e. The van der Waals surface area contributed by atoms with Crippen molar-refractivity contribution >= 4 is 0 Å². The van der Waals surface area contributed by atoms with E-state index in [1.807, 2.05) is 13.8 Å². The van der Waals surface area contributed by atoms with Crippen LogP contribution in [0.3, 0.4) is 0 Å². The Morgan fingerprint density at radius 3 is 2.06 bits per heavy atom. The van der Waals surface area contributed by atoms with E-state index >= 15 is 0 Å². The van der Waals surface area contributed by atoms with E-state index in [4.69, 9.17) is 0 Å². The standard InChI is InChI=1S/C14H27NO/c1-10(2)11-5-12-7-15(8-13(12)6-11)9-14(3,4)16/h10-13,16H,5-9H2,1-4H3. The fraction of sp³-hybridized carbons (Fsp3) is 1.00. The van der Waals surface area contributed by atoms with E-state index in [1.54, 1.807) is 0 Å². The first kappa shape index (κ1) is 12.4. The first-order valence-corrected chi connectivity index (χ1v) is 6.80. The van der Waals surface area contributed by atoms with E-state index in [-0.39, 0.29) is 0 Å². The average molecular weight is 225 g/mol. The van der Waals surface area contributed by atoms with Crippen molar-refractivity contribution in [3.8, 4) is 0 Å². The molecular formula is C14H27NO. The van der Waals surface area contributed by atoms with Gasteiger partial charge in [-0.25, -0.2) is 0 Å². The van der Waals surface area contributed by atoms with Gasteiger partial charge in [-0.15, -0.1) is 0 Å². The summed E-state index contributed by atoms with van der Waals surface area (Å²) in [6.07, 6.45) is 2.84. The van der Waals surface area contributed by atoms with Crippen LogP contribution in [-0.4, -0.2) is 35.2 Å². The molecule has 0 aromatic heterocycles. The highest BCUT2D eigenvalue weighted by atomic mass is 16.3. The largest absolute Gasteiger partial charge is 0.389 e. The summed E-state index contributed by atoms with van der Waals surface area (Å²) in [5, 5.41) is 9.84. The van der Waals surface area contributed by atoms with Crippen molar-refractivity contribution in [2.45, 2.75) is 46.1 Å². The summed E-state index contributed by atoms with van der Waals surface area (Å²) >= 11 is 0. The maximum Gasteiger partial charge on any atom is 0.0718 e. The zero-order valence-corrected chi connectivity index (χ0v) is 11.2. The fourth-order valence-electron chi connectivity index (χ4n) is 3.66. The van der Waals surface area contributed by atoms with Crippen LogP contribution in [0.2, 0.25) is 0 Å². The normalized spacial score (nSPS) is 36.0. The highest BCUT2D eigenvalue weighted by molar-refractivity contribution is 4.94. The van der Waals surface area contributed by atoms with Gasteiger partial charge < -0.3 is 5.11 Å². The lowest BCUT2D eigenvalue weighted by molar-refractivity contribution is 0.0407. The Hall–Kier alpha value is -0.0800. The highest BCUT2D eigenvalue weighted by Crippen LogP contribution is 2.44. The molecule has 94 valence electrons. The van der Waals surface area contributed by atoms with Crippen LogP contribution < -0.4 is 0 Å². The Bertz CT molecular complexity index is 230. The molecule has 2 aliphatic rings. The molecule has 1 saturated carbocycles. The van der Waals surface area contributed by atoms with Crippen molar-refractivity contribution in [2.24, 2.45) is 23.7 Å². The summed E-state index contributed by atoms with van der Waals surface area (Å²) in [7, 11) is 0. The van der Waals surface area contributed by atoms with E-state index < -0.39 is 5.60 Å². The van der Waals surface area contributed by atoms with Gasteiger partial charge in [-0.05, 0) is 50.4 Å². The number of rotatable bonds is 3. The van der Waals surface area contributed by atoms with Crippen molar-refractivity contribution in [1.82, 2.24) is 4.90 Å². The molecule has 0 radical (unpaired) electrons. The lowest BCUT2D eigenvalue weighted by Gasteiger charge is -2.26. The first-order valence-electron chi connectivity index (χ1n) is 6.80. The molecule has 0 spiro atoms. The summed E-state index contributed by atoms with van der Waals surface area (Å²) in [5.41, 5.74) is -0.532. The SMILES string of the molecule is CC(C)C1CC2CN(CC(C)(C)O)CC2C1. The van der Waals surface area contributed by atoms with Crippen LogP contribution in [0.1, 0.15) is 40.5 Å². The van der Waals surface area contributed by atoms with Gasteiger partial charge in [-0.1, -0.05) is 13.8 Å². The number of hydrogen-bond donors (Lipinski definition) is 1. The molecular weight excluding hydrogens is 198 g/mol. The molecule has 1 N–H and O–H groups in total. The van der Waals surface area contributed by atoms with E-state index in [1.165, 1.54) is 25.9 Å². The molecule has 0 aromatic carbocycles. The molecule has 2 atom stereocenters. The van der Waals surface area contributed by atoms with E-state index in [9.17, 15) is 5.11 Å². The summed E-state index contributed by atoms with van der Waals surface area (Å²) in [4.78, 5) is 2.46. The number of β-amino-alcohol motifs (C(OH)–C–C–N with tert-alkyl or cyclic N) is 1. The van der Waals surface area contributed by atoms with Crippen molar-refractivity contribution < 1.29 is 5.11 Å². The molecule has 2 rings (SSSR count). The average Bonchev–Trinajstić information content (AvgIpc) is 2.56. The number of likely N-dealkylation sites (tertiary alicyclic amines) is 1. The van der Waals surface area contributed by atoms with Crippen molar-refractivity contribution in [1.29, 1.82) is 0 Å². The summed E-state index contributed by atoms with van der Waals surface area (Å²) in [6.45, 7) is 11.8. The van der Waals surface area contributed by atoms with Gasteiger partial charge in [0, 0.05) is 19.6 Å². The van der Waals surface area contributed by atoms with Crippen LogP contribution >= 0.6 is 0 Å². The maximum atomic E-state index is 9.84. The van der Waals surface area contributed by atoms with Crippen LogP contribution in [0.25, 0.3) is 0 Å². The van der Waals surface area contributed by atoms with Gasteiger partial charge in [0.1, 0.15) is 0 Å². The maximum absolute atomic E-state index is 9.84. The third-order valence-electron chi connectivity index (χ3n) is 4.42. The second-order valence-electron chi connectivity index (χ2n) is 7.00. The Morgan fingerprint density at radius 2 is 1.69 bits per heavy atom. The minimum Gasteiger partial charge on any atom is -0.389 e. The van der Waals surface area contributed by atoms with Gasteiger partial charge >= 0.3 is 0 Å². The number of nitrogens with zero attached hydrogens (tertiary/aromatic N) is 1. The minimum atomic E-state index is -0.532. The predicted octanol–water partition coefficient (Wildman–Crippen LogP) is 2.37. The van der Waals surface area contributed by atoms with Gasteiger partial charge in [-0.3, -0.25) is 4.90 Å².